The number of methoxy groups -OCH3 is 2. The molecule has 2 rings (SSSR count). The number of hydrogen-bond acceptors (Lipinski definition) is 3. The topological polar surface area (TPSA) is 27.7 Å². The molecule has 0 atom stereocenters. The smallest absolute Gasteiger partial charge is 0.127 e. The third-order valence-corrected chi connectivity index (χ3v) is 2.88. The van der Waals surface area contributed by atoms with Crippen LogP contribution in [-0.4, -0.2) is 20.8 Å². The molecule has 0 aliphatic heterocycles. The van der Waals surface area contributed by atoms with Crippen molar-refractivity contribution in [3.05, 3.63) is 29.8 Å². The van der Waals surface area contributed by atoms with Crippen molar-refractivity contribution in [2.75, 3.05) is 20.8 Å². The monoisotopic (exact) mass is 234 g/mol. The van der Waals surface area contributed by atoms with E-state index in [0.717, 1.165) is 23.7 Å². The zero-order chi connectivity index (χ0) is 12.1. The van der Waals surface area contributed by atoms with Gasteiger partial charge < -0.3 is 14.2 Å². The largest absolute Gasteiger partial charge is 0.496 e. The molecule has 1 aliphatic carbocycles. The highest BCUT2D eigenvalue weighted by atomic mass is 16.5. The van der Waals surface area contributed by atoms with Crippen LogP contribution in [0.4, 0.5) is 0 Å². The average molecular weight is 234 g/mol. The highest BCUT2D eigenvalue weighted by molar-refractivity contribution is 5.42. The van der Waals surface area contributed by atoms with Gasteiger partial charge in [0.05, 0.1) is 14.2 Å². The Labute approximate surface area is 102 Å². The Morgan fingerprint density at radius 3 is 2.18 bits per heavy atom. The zero-order valence-electron chi connectivity index (χ0n) is 10.4. The lowest BCUT2D eigenvalue weighted by molar-refractivity contribution is 0.338. The van der Waals surface area contributed by atoms with Crippen molar-refractivity contribution in [2.45, 2.75) is 19.3 Å². The quantitative estimate of drug-likeness (QED) is 0.732. The van der Waals surface area contributed by atoms with E-state index in [1.54, 1.807) is 14.2 Å². The van der Waals surface area contributed by atoms with Gasteiger partial charge in [-0.05, 0) is 24.8 Å². The van der Waals surface area contributed by atoms with Gasteiger partial charge in [0, 0.05) is 18.2 Å². The van der Waals surface area contributed by atoms with Crippen LogP contribution in [0.25, 0.3) is 0 Å². The Kier molecular flexibility index (Phi) is 3.91. The lowest BCUT2D eigenvalue weighted by Gasteiger charge is -2.10. The van der Waals surface area contributed by atoms with Gasteiger partial charge in [0.2, 0.25) is 0 Å². The summed E-state index contributed by atoms with van der Waals surface area (Å²) in [6, 6.07) is 5.58. The highest BCUT2D eigenvalue weighted by Gasteiger charge is 2.07. The molecule has 0 N–H and O–H groups in total. The van der Waals surface area contributed by atoms with E-state index in [1.165, 1.54) is 18.4 Å². The van der Waals surface area contributed by atoms with E-state index < -0.39 is 0 Å². The lowest BCUT2D eigenvalue weighted by Crippen LogP contribution is -2.00. The van der Waals surface area contributed by atoms with Crippen molar-refractivity contribution in [3.63, 3.8) is 0 Å². The van der Waals surface area contributed by atoms with E-state index in [-0.39, 0.29) is 0 Å². The SMILES string of the molecule is COc1cc(OC)cc(OCC2=CCCC2)c1. The van der Waals surface area contributed by atoms with E-state index in [0.29, 0.717) is 6.61 Å². The van der Waals surface area contributed by atoms with Crippen LogP contribution >= 0.6 is 0 Å². The summed E-state index contributed by atoms with van der Waals surface area (Å²) in [7, 11) is 3.27. The van der Waals surface area contributed by atoms with Crippen LogP contribution in [0.15, 0.2) is 29.8 Å². The maximum Gasteiger partial charge on any atom is 0.127 e. The van der Waals surface area contributed by atoms with Gasteiger partial charge in [-0.2, -0.15) is 0 Å². The Hall–Kier alpha value is -1.64. The van der Waals surface area contributed by atoms with Gasteiger partial charge in [-0.3, -0.25) is 0 Å². The molecular weight excluding hydrogens is 216 g/mol. The third-order valence-electron chi connectivity index (χ3n) is 2.88. The van der Waals surface area contributed by atoms with E-state index in [4.69, 9.17) is 14.2 Å². The first-order chi connectivity index (χ1) is 8.31. The van der Waals surface area contributed by atoms with Crippen LogP contribution in [-0.2, 0) is 0 Å². The van der Waals surface area contributed by atoms with Gasteiger partial charge in [0.25, 0.3) is 0 Å². The molecule has 1 aliphatic rings. The van der Waals surface area contributed by atoms with Gasteiger partial charge in [-0.25, -0.2) is 0 Å². The molecule has 1 aromatic carbocycles. The van der Waals surface area contributed by atoms with E-state index >= 15 is 0 Å². The molecule has 0 unspecified atom stereocenters. The second kappa shape index (κ2) is 5.62. The van der Waals surface area contributed by atoms with Crippen LogP contribution in [0.1, 0.15) is 19.3 Å². The molecule has 0 heterocycles. The fourth-order valence-electron chi connectivity index (χ4n) is 1.91. The second-order valence-corrected chi connectivity index (χ2v) is 4.09. The summed E-state index contributed by atoms with van der Waals surface area (Å²) in [4.78, 5) is 0. The normalized spacial score (nSPS) is 14.4. The van der Waals surface area contributed by atoms with Crippen molar-refractivity contribution in [1.82, 2.24) is 0 Å². The summed E-state index contributed by atoms with van der Waals surface area (Å²) in [6.45, 7) is 0.663. The number of rotatable bonds is 5. The van der Waals surface area contributed by atoms with Crippen molar-refractivity contribution in [1.29, 1.82) is 0 Å². The van der Waals surface area contributed by atoms with Crippen LogP contribution in [0.2, 0.25) is 0 Å². The molecule has 0 fully saturated rings. The molecule has 3 nitrogen and oxygen atoms in total. The maximum atomic E-state index is 5.75. The molecule has 1 aromatic rings. The minimum absolute atomic E-state index is 0.663. The minimum atomic E-state index is 0.663. The van der Waals surface area contributed by atoms with E-state index in [9.17, 15) is 0 Å². The van der Waals surface area contributed by atoms with Crippen molar-refractivity contribution in [2.24, 2.45) is 0 Å². The van der Waals surface area contributed by atoms with Gasteiger partial charge in [-0.1, -0.05) is 6.08 Å². The van der Waals surface area contributed by atoms with Gasteiger partial charge in [-0.15, -0.1) is 0 Å². The first-order valence-corrected chi connectivity index (χ1v) is 5.85. The van der Waals surface area contributed by atoms with Crippen LogP contribution in [0, 0.1) is 0 Å². The Morgan fingerprint density at radius 1 is 1.00 bits per heavy atom. The molecule has 0 radical (unpaired) electrons. The van der Waals surface area contributed by atoms with Gasteiger partial charge >= 0.3 is 0 Å². The molecule has 0 bridgehead atoms. The Bertz CT molecular complexity index is 388. The molecule has 0 amide bonds. The summed E-state index contributed by atoms with van der Waals surface area (Å²) in [6.07, 6.45) is 5.85. The minimum Gasteiger partial charge on any atom is -0.496 e. The van der Waals surface area contributed by atoms with Crippen LogP contribution in [0.3, 0.4) is 0 Å². The lowest BCUT2D eigenvalue weighted by atomic mass is 10.2. The molecule has 0 saturated heterocycles. The summed E-state index contributed by atoms with van der Waals surface area (Å²) in [5.74, 6) is 2.29. The summed E-state index contributed by atoms with van der Waals surface area (Å²) in [5.41, 5.74) is 1.38. The van der Waals surface area contributed by atoms with Gasteiger partial charge in [0.15, 0.2) is 0 Å². The first kappa shape index (κ1) is 11.8. The van der Waals surface area contributed by atoms with Crippen molar-refractivity contribution < 1.29 is 14.2 Å². The number of hydrogen-bond donors (Lipinski definition) is 0. The molecule has 0 spiro atoms. The van der Waals surface area contributed by atoms with Crippen molar-refractivity contribution >= 4 is 0 Å². The standard InChI is InChI=1S/C14H18O3/c1-15-12-7-13(16-2)9-14(8-12)17-10-11-5-3-4-6-11/h5,7-9H,3-4,6,10H2,1-2H3. The molecule has 17 heavy (non-hydrogen) atoms. The predicted molar refractivity (Wildman–Crippen MR) is 67.0 cm³/mol. The highest BCUT2D eigenvalue weighted by Crippen LogP contribution is 2.28. The number of allylic oxidation sites excluding steroid dienone is 1. The van der Waals surface area contributed by atoms with Crippen molar-refractivity contribution in [3.8, 4) is 17.2 Å². The Morgan fingerprint density at radius 2 is 1.65 bits per heavy atom. The summed E-state index contributed by atoms with van der Waals surface area (Å²) < 4.78 is 16.1. The predicted octanol–water partition coefficient (Wildman–Crippen LogP) is 3.19. The first-order valence-electron chi connectivity index (χ1n) is 5.85. The zero-order valence-corrected chi connectivity index (χ0v) is 10.4. The van der Waals surface area contributed by atoms with E-state index in [2.05, 4.69) is 6.08 Å². The third kappa shape index (κ3) is 3.16. The fourth-order valence-corrected chi connectivity index (χ4v) is 1.91. The second-order valence-electron chi connectivity index (χ2n) is 4.09. The molecular formula is C14H18O3. The average Bonchev–Trinajstić information content (AvgIpc) is 2.89. The molecule has 92 valence electrons. The van der Waals surface area contributed by atoms with E-state index in [1.807, 2.05) is 18.2 Å². The molecule has 3 heteroatoms. The maximum absolute atomic E-state index is 5.75. The molecule has 0 aromatic heterocycles. The van der Waals surface area contributed by atoms with Crippen LogP contribution in [0.5, 0.6) is 17.2 Å². The summed E-state index contributed by atoms with van der Waals surface area (Å²) >= 11 is 0. The number of ether oxygens (including phenoxy) is 3. The van der Waals surface area contributed by atoms with Gasteiger partial charge in [0.1, 0.15) is 23.9 Å². The summed E-state index contributed by atoms with van der Waals surface area (Å²) in [5, 5.41) is 0. The molecule has 0 saturated carbocycles. The fraction of sp³-hybridized carbons (Fsp3) is 0.429. The van der Waals surface area contributed by atoms with Crippen LogP contribution < -0.4 is 14.2 Å². The Balaban J connectivity index is 2.03. The number of benzene rings is 1.